The quantitative estimate of drug-likeness (QED) is 0.878. The SMILES string of the molecule is O=C(COc1cccc(N2CCCC2=O)c1)NCc1ccc(F)cc1. The van der Waals surface area contributed by atoms with Gasteiger partial charge in [0.05, 0.1) is 0 Å². The first-order valence-corrected chi connectivity index (χ1v) is 8.16. The van der Waals surface area contributed by atoms with Crippen LogP contribution in [-0.2, 0) is 16.1 Å². The van der Waals surface area contributed by atoms with Crippen LogP contribution in [0.3, 0.4) is 0 Å². The van der Waals surface area contributed by atoms with E-state index in [4.69, 9.17) is 4.74 Å². The lowest BCUT2D eigenvalue weighted by molar-refractivity contribution is -0.123. The Balaban J connectivity index is 1.50. The number of amides is 2. The summed E-state index contributed by atoms with van der Waals surface area (Å²) in [6, 6.07) is 13.1. The van der Waals surface area contributed by atoms with Crippen LogP contribution < -0.4 is 15.0 Å². The molecule has 1 heterocycles. The number of rotatable bonds is 6. The summed E-state index contributed by atoms with van der Waals surface area (Å²) in [6.07, 6.45) is 1.42. The van der Waals surface area contributed by atoms with Gasteiger partial charge in [0.15, 0.2) is 6.61 Å². The molecule has 0 saturated carbocycles. The van der Waals surface area contributed by atoms with Crippen LogP contribution in [0.15, 0.2) is 48.5 Å². The molecule has 2 amide bonds. The molecule has 6 heteroatoms. The molecule has 1 aliphatic rings. The Kier molecular flexibility index (Phi) is 5.28. The second-order valence-electron chi connectivity index (χ2n) is 5.84. The smallest absolute Gasteiger partial charge is 0.258 e. The minimum Gasteiger partial charge on any atom is -0.484 e. The highest BCUT2D eigenvalue weighted by Crippen LogP contribution is 2.25. The topological polar surface area (TPSA) is 58.6 Å². The molecule has 0 bridgehead atoms. The van der Waals surface area contributed by atoms with Gasteiger partial charge in [-0.15, -0.1) is 0 Å². The third-order valence-corrected chi connectivity index (χ3v) is 3.98. The average Bonchev–Trinajstić information content (AvgIpc) is 3.06. The van der Waals surface area contributed by atoms with Crippen molar-refractivity contribution < 1.29 is 18.7 Å². The summed E-state index contributed by atoms with van der Waals surface area (Å²) in [5.41, 5.74) is 1.59. The first-order chi connectivity index (χ1) is 12.1. The van der Waals surface area contributed by atoms with Crippen LogP contribution in [0.25, 0.3) is 0 Å². The van der Waals surface area contributed by atoms with Gasteiger partial charge in [-0.3, -0.25) is 9.59 Å². The van der Waals surface area contributed by atoms with Crippen LogP contribution in [0, 0.1) is 5.82 Å². The predicted octanol–water partition coefficient (Wildman–Crippen LogP) is 2.65. The van der Waals surface area contributed by atoms with Gasteiger partial charge in [0.25, 0.3) is 5.91 Å². The van der Waals surface area contributed by atoms with Crippen LogP contribution in [0.5, 0.6) is 5.75 Å². The molecule has 1 saturated heterocycles. The fraction of sp³-hybridized carbons (Fsp3) is 0.263. The number of carbonyl (C=O) groups excluding carboxylic acids is 2. The monoisotopic (exact) mass is 342 g/mol. The summed E-state index contributed by atoms with van der Waals surface area (Å²) < 4.78 is 18.3. The number of anilines is 1. The van der Waals surface area contributed by atoms with Crippen molar-refractivity contribution in [1.82, 2.24) is 5.32 Å². The number of halogens is 1. The summed E-state index contributed by atoms with van der Waals surface area (Å²) in [7, 11) is 0. The third kappa shape index (κ3) is 4.56. The Morgan fingerprint density at radius 1 is 1.20 bits per heavy atom. The van der Waals surface area contributed by atoms with Crippen molar-refractivity contribution in [3.8, 4) is 5.75 Å². The molecule has 5 nitrogen and oxygen atoms in total. The molecule has 25 heavy (non-hydrogen) atoms. The molecule has 0 aromatic heterocycles. The van der Waals surface area contributed by atoms with Crippen molar-refractivity contribution in [2.24, 2.45) is 0 Å². The molecule has 0 spiro atoms. The number of hydrogen-bond acceptors (Lipinski definition) is 3. The van der Waals surface area contributed by atoms with Crippen molar-refractivity contribution >= 4 is 17.5 Å². The Morgan fingerprint density at radius 2 is 2.00 bits per heavy atom. The summed E-state index contributed by atoms with van der Waals surface area (Å²) in [6.45, 7) is 0.893. The summed E-state index contributed by atoms with van der Waals surface area (Å²) in [5.74, 6) is 0.0603. The van der Waals surface area contributed by atoms with Gasteiger partial charge in [0.2, 0.25) is 5.91 Å². The van der Waals surface area contributed by atoms with E-state index in [1.807, 2.05) is 6.07 Å². The van der Waals surface area contributed by atoms with Crippen LogP contribution in [-0.4, -0.2) is 25.0 Å². The molecule has 0 radical (unpaired) electrons. The van der Waals surface area contributed by atoms with Crippen LogP contribution in [0.4, 0.5) is 10.1 Å². The highest BCUT2D eigenvalue weighted by atomic mass is 19.1. The van der Waals surface area contributed by atoms with Gasteiger partial charge in [-0.25, -0.2) is 4.39 Å². The van der Waals surface area contributed by atoms with E-state index < -0.39 is 0 Å². The predicted molar refractivity (Wildman–Crippen MR) is 91.8 cm³/mol. The normalized spacial score (nSPS) is 13.8. The summed E-state index contributed by atoms with van der Waals surface area (Å²) in [5, 5.41) is 2.71. The molecule has 0 aliphatic carbocycles. The fourth-order valence-electron chi connectivity index (χ4n) is 2.67. The third-order valence-electron chi connectivity index (χ3n) is 3.98. The molecule has 0 unspecified atom stereocenters. The largest absolute Gasteiger partial charge is 0.484 e. The molecule has 1 N–H and O–H groups in total. The average molecular weight is 342 g/mol. The lowest BCUT2D eigenvalue weighted by Crippen LogP contribution is -2.28. The van der Waals surface area contributed by atoms with E-state index in [2.05, 4.69) is 5.32 Å². The van der Waals surface area contributed by atoms with Gasteiger partial charge in [-0.05, 0) is 36.2 Å². The van der Waals surface area contributed by atoms with Crippen molar-refractivity contribution in [3.63, 3.8) is 0 Å². The number of nitrogens with zero attached hydrogens (tertiary/aromatic N) is 1. The lowest BCUT2D eigenvalue weighted by atomic mass is 10.2. The van der Waals surface area contributed by atoms with Gasteiger partial charge in [0, 0.05) is 31.3 Å². The second kappa shape index (κ2) is 7.79. The Bertz CT molecular complexity index is 762. The van der Waals surface area contributed by atoms with E-state index in [0.717, 1.165) is 17.7 Å². The first-order valence-electron chi connectivity index (χ1n) is 8.16. The molecule has 130 valence electrons. The molecule has 3 rings (SSSR count). The van der Waals surface area contributed by atoms with E-state index in [9.17, 15) is 14.0 Å². The van der Waals surface area contributed by atoms with Crippen LogP contribution in [0.2, 0.25) is 0 Å². The van der Waals surface area contributed by atoms with E-state index >= 15 is 0 Å². The summed E-state index contributed by atoms with van der Waals surface area (Å²) in [4.78, 5) is 25.4. The zero-order valence-corrected chi connectivity index (χ0v) is 13.7. The first kappa shape index (κ1) is 17.0. The minimum absolute atomic E-state index is 0.106. The number of carbonyl (C=O) groups is 2. The zero-order chi connectivity index (χ0) is 17.6. The van der Waals surface area contributed by atoms with Gasteiger partial charge in [-0.1, -0.05) is 18.2 Å². The molecular formula is C19H19FN2O3. The molecule has 2 aromatic carbocycles. The fourth-order valence-corrected chi connectivity index (χ4v) is 2.67. The van der Waals surface area contributed by atoms with E-state index in [1.165, 1.54) is 12.1 Å². The van der Waals surface area contributed by atoms with Gasteiger partial charge >= 0.3 is 0 Å². The Hall–Kier alpha value is -2.89. The second-order valence-corrected chi connectivity index (χ2v) is 5.84. The number of ether oxygens (including phenoxy) is 1. The molecule has 1 fully saturated rings. The maximum atomic E-state index is 12.8. The van der Waals surface area contributed by atoms with Gasteiger partial charge in [0.1, 0.15) is 11.6 Å². The van der Waals surface area contributed by atoms with Crippen molar-refractivity contribution in [2.45, 2.75) is 19.4 Å². The van der Waals surface area contributed by atoms with Crippen LogP contribution in [0.1, 0.15) is 18.4 Å². The highest BCUT2D eigenvalue weighted by Gasteiger charge is 2.21. The van der Waals surface area contributed by atoms with Crippen LogP contribution >= 0.6 is 0 Å². The lowest BCUT2D eigenvalue weighted by Gasteiger charge is -2.16. The molecular weight excluding hydrogens is 323 g/mol. The number of benzene rings is 2. The Morgan fingerprint density at radius 3 is 2.72 bits per heavy atom. The zero-order valence-electron chi connectivity index (χ0n) is 13.7. The number of nitrogens with one attached hydrogen (secondary N) is 1. The van der Waals surface area contributed by atoms with E-state index in [0.29, 0.717) is 25.3 Å². The molecule has 2 aromatic rings. The van der Waals surface area contributed by atoms with Crippen molar-refractivity contribution in [1.29, 1.82) is 0 Å². The molecule has 0 atom stereocenters. The minimum atomic E-state index is -0.310. The maximum Gasteiger partial charge on any atom is 0.258 e. The standard InChI is InChI=1S/C19H19FN2O3/c20-15-8-6-14(7-9-15)12-21-18(23)13-25-17-4-1-3-16(11-17)22-10-2-5-19(22)24/h1,3-4,6-9,11H,2,5,10,12-13H2,(H,21,23). The van der Waals surface area contributed by atoms with E-state index in [1.54, 1.807) is 35.2 Å². The van der Waals surface area contributed by atoms with Gasteiger partial charge < -0.3 is 15.0 Å². The van der Waals surface area contributed by atoms with Gasteiger partial charge in [-0.2, -0.15) is 0 Å². The summed E-state index contributed by atoms with van der Waals surface area (Å²) >= 11 is 0. The highest BCUT2D eigenvalue weighted by molar-refractivity contribution is 5.95. The Labute approximate surface area is 145 Å². The molecule has 1 aliphatic heterocycles. The van der Waals surface area contributed by atoms with Crippen molar-refractivity contribution in [2.75, 3.05) is 18.1 Å². The number of hydrogen-bond donors (Lipinski definition) is 1. The van der Waals surface area contributed by atoms with E-state index in [-0.39, 0.29) is 24.2 Å². The van der Waals surface area contributed by atoms with Crippen molar-refractivity contribution in [3.05, 3.63) is 59.9 Å². The maximum absolute atomic E-state index is 12.8.